The molecule has 0 aromatic carbocycles. The van der Waals surface area contributed by atoms with Crippen LogP contribution in [-0.4, -0.2) is 35.6 Å². The first-order chi connectivity index (χ1) is 7.87. The van der Waals surface area contributed by atoms with E-state index in [1.165, 1.54) is 0 Å². The van der Waals surface area contributed by atoms with Gasteiger partial charge < -0.3 is 10.0 Å². The van der Waals surface area contributed by atoms with Crippen molar-refractivity contribution in [2.75, 3.05) is 13.6 Å². The maximum atomic E-state index is 11.5. The Morgan fingerprint density at radius 3 is 2.24 bits per heavy atom. The summed E-state index contributed by atoms with van der Waals surface area (Å²) in [5, 5.41) is 9.45. The molecule has 0 amide bonds. The second kappa shape index (κ2) is 5.85. The highest BCUT2D eigenvalue weighted by Crippen LogP contribution is 2.39. The lowest BCUT2D eigenvalue weighted by atomic mass is 9.85. The van der Waals surface area contributed by atoms with Gasteiger partial charge in [0.2, 0.25) is 0 Å². The van der Waals surface area contributed by atoms with Gasteiger partial charge in [-0.2, -0.15) is 0 Å². The Labute approximate surface area is 105 Å². The van der Waals surface area contributed by atoms with Gasteiger partial charge in [-0.15, -0.1) is 0 Å². The predicted molar refractivity (Wildman–Crippen MR) is 70.1 cm³/mol. The quantitative estimate of drug-likeness (QED) is 0.777. The first kappa shape index (κ1) is 14.5. The summed E-state index contributed by atoms with van der Waals surface area (Å²) < 4.78 is 0. The van der Waals surface area contributed by atoms with Crippen LogP contribution in [0.25, 0.3) is 0 Å². The van der Waals surface area contributed by atoms with Gasteiger partial charge in [-0.1, -0.05) is 26.7 Å². The number of carbonyl (C=O) groups is 1. The maximum absolute atomic E-state index is 11.5. The van der Waals surface area contributed by atoms with E-state index in [-0.39, 0.29) is 0 Å². The molecule has 0 bridgehead atoms. The van der Waals surface area contributed by atoms with E-state index in [4.69, 9.17) is 0 Å². The molecule has 1 unspecified atom stereocenters. The van der Waals surface area contributed by atoms with Gasteiger partial charge in [0.15, 0.2) is 0 Å². The maximum Gasteiger partial charge on any atom is 0.310 e. The van der Waals surface area contributed by atoms with E-state index in [1.807, 2.05) is 0 Å². The molecule has 0 saturated heterocycles. The molecule has 1 saturated carbocycles. The van der Waals surface area contributed by atoms with Gasteiger partial charge in [-0.3, -0.25) is 4.79 Å². The first-order valence-electron chi connectivity index (χ1n) is 6.81. The predicted octanol–water partition coefficient (Wildman–Crippen LogP) is 3.00. The number of carboxylic acid groups (broad SMARTS) is 1. The van der Waals surface area contributed by atoms with Crippen molar-refractivity contribution in [2.24, 2.45) is 11.3 Å². The highest BCUT2D eigenvalue weighted by Gasteiger charge is 2.42. The van der Waals surface area contributed by atoms with Crippen molar-refractivity contribution < 1.29 is 9.90 Å². The molecule has 1 aliphatic carbocycles. The van der Waals surface area contributed by atoms with Crippen LogP contribution in [0.15, 0.2) is 0 Å². The van der Waals surface area contributed by atoms with Crippen molar-refractivity contribution in [1.82, 2.24) is 4.90 Å². The van der Waals surface area contributed by atoms with Crippen LogP contribution in [0.3, 0.4) is 0 Å². The lowest BCUT2D eigenvalue weighted by Gasteiger charge is -2.34. The third-order valence-electron chi connectivity index (χ3n) is 4.13. The lowest BCUT2D eigenvalue weighted by Crippen LogP contribution is -2.43. The standard InChI is InChI=1S/C14H27NO2/c1-11(2)9-12(3)15(4)10-14(13(16)17)7-5-6-8-14/h11-12H,5-10H2,1-4H3,(H,16,17). The fraction of sp³-hybridized carbons (Fsp3) is 0.929. The SMILES string of the molecule is CC(C)CC(C)N(C)CC1(C(=O)O)CCCC1. The van der Waals surface area contributed by atoms with Crippen LogP contribution in [0.5, 0.6) is 0 Å². The molecule has 3 nitrogen and oxygen atoms in total. The van der Waals surface area contributed by atoms with Crippen molar-refractivity contribution in [3.05, 3.63) is 0 Å². The summed E-state index contributed by atoms with van der Waals surface area (Å²) in [7, 11) is 2.07. The molecular formula is C14H27NO2. The molecule has 3 heteroatoms. The summed E-state index contributed by atoms with van der Waals surface area (Å²) in [6.07, 6.45) is 4.96. The number of aliphatic carboxylic acids is 1. The number of hydrogen-bond acceptors (Lipinski definition) is 2. The number of hydrogen-bond donors (Lipinski definition) is 1. The molecule has 1 fully saturated rings. The third kappa shape index (κ3) is 3.70. The van der Waals surface area contributed by atoms with Crippen LogP contribution in [0.2, 0.25) is 0 Å². The van der Waals surface area contributed by atoms with E-state index in [9.17, 15) is 9.90 Å². The second-order valence-corrected chi connectivity index (χ2v) is 6.19. The van der Waals surface area contributed by atoms with E-state index < -0.39 is 11.4 Å². The Balaban J connectivity index is 2.58. The van der Waals surface area contributed by atoms with E-state index >= 15 is 0 Å². The topological polar surface area (TPSA) is 40.5 Å². The molecule has 1 aliphatic rings. The van der Waals surface area contributed by atoms with Crippen LogP contribution in [-0.2, 0) is 4.79 Å². The van der Waals surface area contributed by atoms with E-state index in [2.05, 4.69) is 32.7 Å². The smallest absolute Gasteiger partial charge is 0.310 e. The zero-order valence-electron chi connectivity index (χ0n) is 11.7. The summed E-state index contributed by atoms with van der Waals surface area (Å²) in [5.41, 5.74) is -0.472. The summed E-state index contributed by atoms with van der Waals surface area (Å²) in [5.74, 6) is 0.0652. The minimum absolute atomic E-state index is 0.465. The molecule has 1 rings (SSSR count). The molecule has 17 heavy (non-hydrogen) atoms. The minimum atomic E-state index is -0.599. The van der Waals surface area contributed by atoms with E-state index in [0.29, 0.717) is 18.5 Å². The minimum Gasteiger partial charge on any atom is -0.481 e. The molecule has 1 atom stereocenters. The number of nitrogens with zero attached hydrogens (tertiary/aromatic N) is 1. The summed E-state index contributed by atoms with van der Waals surface area (Å²) in [6, 6.07) is 0.465. The molecule has 0 aromatic heterocycles. The Bertz CT molecular complexity index is 257. The normalized spacial score (nSPS) is 21.1. The van der Waals surface area contributed by atoms with Crippen LogP contribution < -0.4 is 0 Å². The summed E-state index contributed by atoms with van der Waals surface area (Å²) in [4.78, 5) is 13.7. The van der Waals surface area contributed by atoms with Crippen molar-refractivity contribution in [3.8, 4) is 0 Å². The Morgan fingerprint density at radius 2 is 1.82 bits per heavy atom. The largest absolute Gasteiger partial charge is 0.481 e. The van der Waals surface area contributed by atoms with Gasteiger partial charge in [0, 0.05) is 12.6 Å². The molecule has 0 aromatic rings. The molecule has 1 N–H and O–H groups in total. The third-order valence-corrected chi connectivity index (χ3v) is 4.13. The average Bonchev–Trinajstić information content (AvgIpc) is 2.66. The Morgan fingerprint density at radius 1 is 1.29 bits per heavy atom. The van der Waals surface area contributed by atoms with Gasteiger partial charge in [-0.05, 0) is 39.2 Å². The summed E-state index contributed by atoms with van der Waals surface area (Å²) >= 11 is 0. The van der Waals surface area contributed by atoms with Crippen molar-refractivity contribution in [2.45, 2.75) is 58.9 Å². The number of carboxylic acids is 1. The van der Waals surface area contributed by atoms with Gasteiger partial charge in [0.1, 0.15) is 0 Å². The monoisotopic (exact) mass is 241 g/mol. The van der Waals surface area contributed by atoms with E-state index in [0.717, 1.165) is 32.1 Å². The average molecular weight is 241 g/mol. The first-order valence-corrected chi connectivity index (χ1v) is 6.81. The summed E-state index contributed by atoms with van der Waals surface area (Å²) in [6.45, 7) is 7.33. The van der Waals surface area contributed by atoms with Crippen LogP contribution in [0, 0.1) is 11.3 Å². The van der Waals surface area contributed by atoms with E-state index in [1.54, 1.807) is 0 Å². The second-order valence-electron chi connectivity index (χ2n) is 6.19. The molecular weight excluding hydrogens is 214 g/mol. The molecule has 100 valence electrons. The lowest BCUT2D eigenvalue weighted by molar-refractivity contribution is -0.150. The van der Waals surface area contributed by atoms with Crippen LogP contribution >= 0.6 is 0 Å². The van der Waals surface area contributed by atoms with Gasteiger partial charge >= 0.3 is 5.97 Å². The molecule has 0 aliphatic heterocycles. The number of rotatable bonds is 6. The van der Waals surface area contributed by atoms with Crippen molar-refractivity contribution in [3.63, 3.8) is 0 Å². The Kier molecular flexibility index (Phi) is 4.99. The fourth-order valence-electron chi connectivity index (χ4n) is 2.99. The Hall–Kier alpha value is -0.570. The van der Waals surface area contributed by atoms with Gasteiger partial charge in [-0.25, -0.2) is 0 Å². The zero-order valence-corrected chi connectivity index (χ0v) is 11.7. The van der Waals surface area contributed by atoms with Gasteiger partial charge in [0.05, 0.1) is 5.41 Å². The van der Waals surface area contributed by atoms with Gasteiger partial charge in [0.25, 0.3) is 0 Å². The van der Waals surface area contributed by atoms with Crippen molar-refractivity contribution in [1.29, 1.82) is 0 Å². The highest BCUT2D eigenvalue weighted by molar-refractivity contribution is 5.75. The molecule has 0 heterocycles. The van der Waals surface area contributed by atoms with Crippen LogP contribution in [0.1, 0.15) is 52.9 Å². The zero-order chi connectivity index (χ0) is 13.1. The van der Waals surface area contributed by atoms with Crippen LogP contribution in [0.4, 0.5) is 0 Å². The fourth-order valence-corrected chi connectivity index (χ4v) is 2.99. The highest BCUT2D eigenvalue weighted by atomic mass is 16.4. The molecule has 0 radical (unpaired) electrons. The van der Waals surface area contributed by atoms with Crippen molar-refractivity contribution >= 4 is 5.97 Å². The molecule has 0 spiro atoms.